The molecule has 0 saturated heterocycles. The van der Waals surface area contributed by atoms with Crippen LogP contribution in [0.2, 0.25) is 0 Å². The first-order valence-electron chi connectivity index (χ1n) is 8.97. The normalized spacial score (nSPS) is 14.2. The van der Waals surface area contributed by atoms with Crippen molar-refractivity contribution in [2.24, 2.45) is 10.9 Å². The van der Waals surface area contributed by atoms with E-state index in [2.05, 4.69) is 59.6 Å². The Labute approximate surface area is 169 Å². The van der Waals surface area contributed by atoms with Gasteiger partial charge in [0, 0.05) is 32.2 Å². The van der Waals surface area contributed by atoms with E-state index < -0.39 is 0 Å². The Morgan fingerprint density at radius 3 is 2.72 bits per heavy atom. The molecule has 0 aromatic heterocycles. The summed E-state index contributed by atoms with van der Waals surface area (Å²) in [5, 5.41) is 6.73. The van der Waals surface area contributed by atoms with Gasteiger partial charge in [0.05, 0.1) is 6.61 Å². The third-order valence-corrected chi connectivity index (χ3v) is 4.39. The van der Waals surface area contributed by atoms with Crippen LogP contribution < -0.4 is 15.4 Å². The summed E-state index contributed by atoms with van der Waals surface area (Å²) in [5.74, 6) is 2.58. The fourth-order valence-corrected chi connectivity index (χ4v) is 2.36. The Morgan fingerprint density at radius 2 is 2.08 bits per heavy atom. The topological polar surface area (TPSA) is 48.9 Å². The molecule has 142 valence electrons. The Morgan fingerprint density at radius 1 is 1.32 bits per heavy atom. The van der Waals surface area contributed by atoms with E-state index in [1.165, 1.54) is 24.0 Å². The molecule has 0 aliphatic heterocycles. The van der Waals surface area contributed by atoms with E-state index in [4.69, 9.17) is 4.74 Å². The molecule has 0 heterocycles. The highest BCUT2D eigenvalue weighted by Crippen LogP contribution is 2.30. The van der Waals surface area contributed by atoms with Gasteiger partial charge in [0.1, 0.15) is 5.75 Å². The summed E-state index contributed by atoms with van der Waals surface area (Å²) in [4.78, 5) is 6.56. The Hall–Kier alpha value is -1.02. The highest BCUT2D eigenvalue weighted by molar-refractivity contribution is 14.0. The molecule has 1 aromatic rings. The standard InChI is InChI=1S/C19H32N4O.HI/c1-5-23(4)11-10-21-19(20-3)22-13-17-9-6-15(2)12-18(17)24-14-16-7-8-16;/h6,9,12,16H,5,7-8,10-11,13-14H2,1-4H3,(H2,20,21,22);1H. The van der Waals surface area contributed by atoms with Crippen molar-refractivity contribution < 1.29 is 4.74 Å². The maximum atomic E-state index is 6.03. The summed E-state index contributed by atoms with van der Waals surface area (Å²) in [7, 11) is 3.92. The molecule has 1 aromatic carbocycles. The molecule has 0 radical (unpaired) electrons. The molecule has 6 heteroatoms. The summed E-state index contributed by atoms with van der Waals surface area (Å²) < 4.78 is 6.03. The zero-order chi connectivity index (χ0) is 17.4. The average Bonchev–Trinajstić information content (AvgIpc) is 3.41. The fourth-order valence-electron chi connectivity index (χ4n) is 2.36. The van der Waals surface area contributed by atoms with Gasteiger partial charge in [0.15, 0.2) is 5.96 Å². The number of benzene rings is 1. The van der Waals surface area contributed by atoms with E-state index >= 15 is 0 Å². The molecule has 2 N–H and O–H groups in total. The minimum atomic E-state index is 0. The number of ether oxygens (including phenoxy) is 1. The van der Waals surface area contributed by atoms with Gasteiger partial charge in [-0.2, -0.15) is 0 Å². The lowest BCUT2D eigenvalue weighted by Crippen LogP contribution is -2.40. The van der Waals surface area contributed by atoms with Gasteiger partial charge < -0.3 is 20.3 Å². The molecule has 25 heavy (non-hydrogen) atoms. The number of hydrogen-bond donors (Lipinski definition) is 2. The minimum absolute atomic E-state index is 0. The van der Waals surface area contributed by atoms with Gasteiger partial charge >= 0.3 is 0 Å². The first-order chi connectivity index (χ1) is 11.6. The molecular weight excluding hydrogens is 427 g/mol. The fraction of sp³-hybridized carbons (Fsp3) is 0.632. The molecule has 0 unspecified atom stereocenters. The highest BCUT2D eigenvalue weighted by atomic mass is 127. The number of hydrogen-bond acceptors (Lipinski definition) is 3. The second-order valence-corrected chi connectivity index (χ2v) is 6.61. The van der Waals surface area contributed by atoms with Crippen molar-refractivity contribution >= 4 is 29.9 Å². The van der Waals surface area contributed by atoms with Crippen LogP contribution >= 0.6 is 24.0 Å². The molecule has 0 amide bonds. The summed E-state index contributed by atoms with van der Waals surface area (Å²) in [5.41, 5.74) is 2.41. The van der Waals surface area contributed by atoms with Crippen molar-refractivity contribution in [2.75, 3.05) is 40.3 Å². The SMILES string of the molecule is CCN(C)CCNC(=NC)NCc1ccc(C)cc1OCC1CC1.I. The Bertz CT molecular complexity index is 546. The molecule has 0 spiro atoms. The predicted octanol–water partition coefficient (Wildman–Crippen LogP) is 3.02. The predicted molar refractivity (Wildman–Crippen MR) is 116 cm³/mol. The molecule has 1 saturated carbocycles. The first kappa shape index (κ1) is 22.0. The van der Waals surface area contributed by atoms with Crippen molar-refractivity contribution in [2.45, 2.75) is 33.2 Å². The molecule has 1 aliphatic carbocycles. The number of likely N-dealkylation sites (N-methyl/N-ethyl adjacent to an activating group) is 1. The van der Waals surface area contributed by atoms with E-state index in [1.807, 2.05) is 0 Å². The van der Waals surface area contributed by atoms with Crippen molar-refractivity contribution in [3.05, 3.63) is 29.3 Å². The van der Waals surface area contributed by atoms with Crippen LogP contribution in [0.5, 0.6) is 5.75 Å². The molecular formula is C19H33IN4O. The Balaban J connectivity index is 0.00000312. The third kappa shape index (κ3) is 8.27. The third-order valence-electron chi connectivity index (χ3n) is 4.39. The number of halogens is 1. The van der Waals surface area contributed by atoms with Crippen LogP contribution in [0.1, 0.15) is 30.9 Å². The van der Waals surface area contributed by atoms with Crippen molar-refractivity contribution in [3.63, 3.8) is 0 Å². The molecule has 1 aliphatic rings. The van der Waals surface area contributed by atoms with Crippen LogP contribution in [0.4, 0.5) is 0 Å². The molecule has 2 rings (SSSR count). The molecule has 1 fully saturated rings. The summed E-state index contributed by atoms with van der Waals surface area (Å²) >= 11 is 0. The zero-order valence-electron chi connectivity index (χ0n) is 16.0. The average molecular weight is 460 g/mol. The number of guanidine groups is 1. The van der Waals surface area contributed by atoms with Gasteiger partial charge in [-0.3, -0.25) is 4.99 Å². The van der Waals surface area contributed by atoms with Crippen LogP contribution in [0.3, 0.4) is 0 Å². The summed E-state index contributed by atoms with van der Waals surface area (Å²) in [6.45, 7) is 8.75. The second kappa shape index (κ2) is 11.6. The van der Waals surface area contributed by atoms with Crippen LogP contribution in [0, 0.1) is 12.8 Å². The van der Waals surface area contributed by atoms with Gasteiger partial charge in [0.25, 0.3) is 0 Å². The van der Waals surface area contributed by atoms with Crippen LogP contribution in [0.25, 0.3) is 0 Å². The molecule has 0 atom stereocenters. The number of aryl methyl sites for hydroxylation is 1. The van der Waals surface area contributed by atoms with E-state index in [0.717, 1.165) is 43.9 Å². The monoisotopic (exact) mass is 460 g/mol. The van der Waals surface area contributed by atoms with Crippen LogP contribution in [-0.4, -0.2) is 51.2 Å². The van der Waals surface area contributed by atoms with E-state index in [0.29, 0.717) is 6.54 Å². The van der Waals surface area contributed by atoms with Gasteiger partial charge in [0.2, 0.25) is 0 Å². The van der Waals surface area contributed by atoms with Crippen molar-refractivity contribution in [1.82, 2.24) is 15.5 Å². The molecule has 0 bridgehead atoms. The highest BCUT2D eigenvalue weighted by Gasteiger charge is 2.22. The van der Waals surface area contributed by atoms with E-state index in [9.17, 15) is 0 Å². The van der Waals surface area contributed by atoms with Gasteiger partial charge in [-0.1, -0.05) is 19.1 Å². The number of nitrogens with one attached hydrogen (secondary N) is 2. The second-order valence-electron chi connectivity index (χ2n) is 6.61. The van der Waals surface area contributed by atoms with E-state index in [1.54, 1.807) is 7.05 Å². The lowest BCUT2D eigenvalue weighted by atomic mass is 10.1. The summed E-state index contributed by atoms with van der Waals surface area (Å²) in [6.07, 6.45) is 2.62. The number of rotatable bonds is 9. The zero-order valence-corrected chi connectivity index (χ0v) is 18.3. The first-order valence-corrected chi connectivity index (χ1v) is 8.97. The van der Waals surface area contributed by atoms with Gasteiger partial charge in [-0.25, -0.2) is 0 Å². The maximum Gasteiger partial charge on any atom is 0.191 e. The lowest BCUT2D eigenvalue weighted by Gasteiger charge is -2.17. The quantitative estimate of drug-likeness (QED) is 0.338. The van der Waals surface area contributed by atoms with Gasteiger partial charge in [-0.05, 0) is 50.9 Å². The Kier molecular flexibility index (Phi) is 10.2. The van der Waals surface area contributed by atoms with Crippen LogP contribution in [0.15, 0.2) is 23.2 Å². The van der Waals surface area contributed by atoms with Crippen molar-refractivity contribution in [3.8, 4) is 5.75 Å². The maximum absolute atomic E-state index is 6.03. The minimum Gasteiger partial charge on any atom is -0.493 e. The molecule has 5 nitrogen and oxygen atoms in total. The van der Waals surface area contributed by atoms with Gasteiger partial charge in [-0.15, -0.1) is 24.0 Å². The van der Waals surface area contributed by atoms with Crippen LogP contribution in [-0.2, 0) is 6.54 Å². The van der Waals surface area contributed by atoms with Crippen molar-refractivity contribution in [1.29, 1.82) is 0 Å². The largest absolute Gasteiger partial charge is 0.493 e. The number of aliphatic imine (C=N–C) groups is 1. The lowest BCUT2D eigenvalue weighted by molar-refractivity contribution is 0.296. The number of nitrogens with zero attached hydrogens (tertiary/aromatic N) is 2. The smallest absolute Gasteiger partial charge is 0.191 e. The van der Waals surface area contributed by atoms with E-state index in [-0.39, 0.29) is 24.0 Å². The summed E-state index contributed by atoms with van der Waals surface area (Å²) in [6, 6.07) is 6.40.